The maximum absolute atomic E-state index is 11.3. The van der Waals surface area contributed by atoms with Crippen LogP contribution in [0.2, 0.25) is 0 Å². The van der Waals surface area contributed by atoms with Crippen molar-refractivity contribution in [1.82, 2.24) is 9.62 Å². The Balaban J connectivity index is 2.25. The minimum Gasteiger partial charge on any atom is -0.329 e. The lowest BCUT2D eigenvalue weighted by Crippen LogP contribution is -2.38. The first-order valence-electron chi connectivity index (χ1n) is 5.39. The lowest BCUT2D eigenvalue weighted by atomic mass is 9.98. The van der Waals surface area contributed by atoms with Crippen LogP contribution < -0.4 is 10.5 Å². The lowest BCUT2D eigenvalue weighted by Gasteiger charge is -2.28. The van der Waals surface area contributed by atoms with Gasteiger partial charge in [0.05, 0.1) is 5.75 Å². The molecule has 3 N–H and O–H groups in total. The van der Waals surface area contributed by atoms with Gasteiger partial charge in [-0.25, -0.2) is 13.1 Å². The molecule has 1 aliphatic rings. The van der Waals surface area contributed by atoms with Crippen LogP contribution in [0.15, 0.2) is 0 Å². The number of nitrogens with zero attached hydrogens (tertiary/aromatic N) is 1. The molecule has 0 aromatic carbocycles. The minimum atomic E-state index is -3.13. The summed E-state index contributed by atoms with van der Waals surface area (Å²) in [5.74, 6) is 0.508. The van der Waals surface area contributed by atoms with E-state index in [1.807, 2.05) is 0 Å². The molecular weight excluding hydrogens is 214 g/mol. The third-order valence-corrected chi connectivity index (χ3v) is 4.20. The van der Waals surface area contributed by atoms with Gasteiger partial charge in [0.15, 0.2) is 0 Å². The molecule has 0 aliphatic carbocycles. The minimum absolute atomic E-state index is 0.0274. The van der Waals surface area contributed by atoms with E-state index in [0.717, 1.165) is 25.9 Å². The normalized spacial score (nSPS) is 20.7. The number of hydrogen-bond donors (Lipinski definition) is 2. The van der Waals surface area contributed by atoms with Gasteiger partial charge in [-0.1, -0.05) is 0 Å². The van der Waals surface area contributed by atoms with Crippen LogP contribution in [0, 0.1) is 5.92 Å². The van der Waals surface area contributed by atoms with E-state index in [4.69, 9.17) is 5.73 Å². The standard InChI is InChI=1S/C9H21N3O2S/c1-12-5-2-9(3-6-12)8-11-15(13,14)7-4-10/h9,11H,2-8,10H2,1H3. The van der Waals surface area contributed by atoms with Crippen LogP contribution in [0.1, 0.15) is 12.8 Å². The molecule has 5 nitrogen and oxygen atoms in total. The van der Waals surface area contributed by atoms with Crippen LogP contribution in [0.4, 0.5) is 0 Å². The van der Waals surface area contributed by atoms with Crippen molar-refractivity contribution < 1.29 is 8.42 Å². The van der Waals surface area contributed by atoms with Crippen LogP contribution in [0.5, 0.6) is 0 Å². The molecule has 15 heavy (non-hydrogen) atoms. The van der Waals surface area contributed by atoms with Gasteiger partial charge in [0.25, 0.3) is 0 Å². The van der Waals surface area contributed by atoms with E-state index in [0.29, 0.717) is 12.5 Å². The van der Waals surface area contributed by atoms with Crippen LogP contribution in [0.25, 0.3) is 0 Å². The third kappa shape index (κ3) is 4.92. The first-order chi connectivity index (χ1) is 7.03. The van der Waals surface area contributed by atoms with Gasteiger partial charge in [0.2, 0.25) is 10.0 Å². The van der Waals surface area contributed by atoms with E-state index >= 15 is 0 Å². The number of rotatable bonds is 5. The Morgan fingerprint density at radius 1 is 1.40 bits per heavy atom. The molecular formula is C9H21N3O2S. The molecule has 6 heteroatoms. The summed E-state index contributed by atoms with van der Waals surface area (Å²) < 4.78 is 25.3. The Hall–Kier alpha value is -0.170. The molecule has 0 amide bonds. The highest BCUT2D eigenvalue weighted by molar-refractivity contribution is 7.89. The molecule has 0 unspecified atom stereocenters. The van der Waals surface area contributed by atoms with E-state index in [9.17, 15) is 8.42 Å². The second kappa shape index (κ2) is 5.79. The first-order valence-corrected chi connectivity index (χ1v) is 7.04. The monoisotopic (exact) mass is 235 g/mol. The van der Waals surface area contributed by atoms with Gasteiger partial charge in [0.1, 0.15) is 0 Å². The molecule has 1 aliphatic heterocycles. The highest BCUT2D eigenvalue weighted by Crippen LogP contribution is 2.14. The Morgan fingerprint density at radius 3 is 2.53 bits per heavy atom. The summed E-state index contributed by atoms with van der Waals surface area (Å²) in [5, 5.41) is 0. The van der Waals surface area contributed by atoms with E-state index in [1.165, 1.54) is 0 Å². The highest BCUT2D eigenvalue weighted by atomic mass is 32.2. The zero-order valence-electron chi connectivity index (χ0n) is 9.28. The van der Waals surface area contributed by atoms with E-state index in [-0.39, 0.29) is 12.3 Å². The zero-order chi connectivity index (χ0) is 11.3. The van der Waals surface area contributed by atoms with Crippen LogP contribution >= 0.6 is 0 Å². The molecule has 0 aromatic heterocycles. The fourth-order valence-electron chi connectivity index (χ4n) is 1.74. The summed E-state index contributed by atoms with van der Waals surface area (Å²) in [7, 11) is -1.04. The molecule has 1 saturated heterocycles. The van der Waals surface area contributed by atoms with E-state index in [1.54, 1.807) is 0 Å². The SMILES string of the molecule is CN1CCC(CNS(=O)(=O)CCN)CC1. The summed E-state index contributed by atoms with van der Waals surface area (Å²) in [5.41, 5.74) is 5.22. The summed E-state index contributed by atoms with van der Waals surface area (Å²) in [6.45, 7) is 2.87. The summed E-state index contributed by atoms with van der Waals surface area (Å²) in [4.78, 5) is 2.27. The number of hydrogen-bond acceptors (Lipinski definition) is 4. The molecule has 1 rings (SSSR count). The topological polar surface area (TPSA) is 75.4 Å². The predicted octanol–water partition coefficient (Wildman–Crippen LogP) is -0.794. The number of likely N-dealkylation sites (tertiary alicyclic amines) is 1. The second-order valence-electron chi connectivity index (χ2n) is 4.20. The number of nitrogens with two attached hydrogens (primary N) is 1. The first kappa shape index (κ1) is 12.9. The molecule has 90 valence electrons. The van der Waals surface area contributed by atoms with Gasteiger partial charge in [0, 0.05) is 13.1 Å². The van der Waals surface area contributed by atoms with Crippen LogP contribution in [-0.2, 0) is 10.0 Å². The smallest absolute Gasteiger partial charge is 0.212 e. The molecule has 0 radical (unpaired) electrons. The average Bonchev–Trinajstić information content (AvgIpc) is 2.17. The zero-order valence-corrected chi connectivity index (χ0v) is 10.1. The Labute approximate surface area is 92.1 Å². The molecule has 0 saturated carbocycles. The maximum atomic E-state index is 11.3. The van der Waals surface area contributed by atoms with E-state index in [2.05, 4.69) is 16.7 Å². The van der Waals surface area contributed by atoms with Crippen molar-refractivity contribution in [3.8, 4) is 0 Å². The molecule has 0 spiro atoms. The van der Waals surface area contributed by atoms with Crippen molar-refractivity contribution in [2.75, 3.05) is 39.0 Å². The average molecular weight is 235 g/mol. The fraction of sp³-hybridized carbons (Fsp3) is 1.00. The molecule has 0 bridgehead atoms. The van der Waals surface area contributed by atoms with Gasteiger partial charge in [-0.05, 0) is 38.9 Å². The number of sulfonamides is 1. The van der Waals surface area contributed by atoms with Crippen molar-refractivity contribution in [1.29, 1.82) is 0 Å². The summed E-state index contributed by atoms with van der Waals surface area (Å²) in [6.07, 6.45) is 2.14. The van der Waals surface area contributed by atoms with Crippen molar-refractivity contribution in [2.24, 2.45) is 11.7 Å². The van der Waals surface area contributed by atoms with Gasteiger partial charge in [-0.3, -0.25) is 0 Å². The fourth-order valence-corrected chi connectivity index (χ4v) is 2.68. The maximum Gasteiger partial charge on any atom is 0.212 e. The number of nitrogens with one attached hydrogen (secondary N) is 1. The van der Waals surface area contributed by atoms with Gasteiger partial charge in [-0.2, -0.15) is 0 Å². The van der Waals surface area contributed by atoms with Crippen LogP contribution in [-0.4, -0.2) is 52.3 Å². The van der Waals surface area contributed by atoms with Crippen LogP contribution in [0.3, 0.4) is 0 Å². The Kier molecular flexibility index (Phi) is 4.98. The van der Waals surface area contributed by atoms with E-state index < -0.39 is 10.0 Å². The van der Waals surface area contributed by atoms with Crippen molar-refractivity contribution in [2.45, 2.75) is 12.8 Å². The van der Waals surface area contributed by atoms with Gasteiger partial charge in [-0.15, -0.1) is 0 Å². The van der Waals surface area contributed by atoms with Crippen molar-refractivity contribution in [3.63, 3.8) is 0 Å². The second-order valence-corrected chi connectivity index (χ2v) is 6.13. The lowest BCUT2D eigenvalue weighted by molar-refractivity contribution is 0.220. The largest absolute Gasteiger partial charge is 0.329 e. The predicted molar refractivity (Wildman–Crippen MR) is 61.1 cm³/mol. The molecule has 1 heterocycles. The van der Waals surface area contributed by atoms with Gasteiger partial charge < -0.3 is 10.6 Å². The molecule has 0 aromatic rings. The van der Waals surface area contributed by atoms with Crippen molar-refractivity contribution >= 4 is 10.0 Å². The number of piperidine rings is 1. The Bertz CT molecular complexity index is 271. The van der Waals surface area contributed by atoms with Gasteiger partial charge >= 0.3 is 0 Å². The molecule has 1 fully saturated rings. The summed E-state index contributed by atoms with van der Waals surface area (Å²) in [6, 6.07) is 0. The quantitative estimate of drug-likeness (QED) is 0.654. The van der Waals surface area contributed by atoms with Crippen molar-refractivity contribution in [3.05, 3.63) is 0 Å². The Morgan fingerprint density at radius 2 is 2.00 bits per heavy atom. The molecule has 0 atom stereocenters. The highest BCUT2D eigenvalue weighted by Gasteiger charge is 2.18. The third-order valence-electron chi connectivity index (χ3n) is 2.82. The summed E-state index contributed by atoms with van der Waals surface area (Å²) >= 11 is 0.